The molecule has 28 heteroatoms. The lowest BCUT2D eigenvalue weighted by Crippen LogP contribution is -2.29. The second-order valence-corrected chi connectivity index (χ2v) is 21.1. The van der Waals surface area contributed by atoms with Gasteiger partial charge in [0.05, 0.1) is 27.2 Å². The SMILES string of the molecule is CCN.Cc1cc(C)c(Cl)c(Nc2nn(C)c3nc(Cl)ncc23)c1.Cc1cc(C)cc(N)c1.Cc1cc(C)cc(NC(=O)c2cnc(Cl)nc2Cl)c1.Cc1cc(C)cc(NC(=O)c2cnc(Cl)nc2N(C)N)c1.O=C(Cl)c1cnc(Cl)nc1Cl. The zero-order chi connectivity index (χ0) is 62.7. The summed E-state index contributed by atoms with van der Waals surface area (Å²) in [6.45, 7) is 18.6. The maximum Gasteiger partial charge on any atom is 0.261 e. The van der Waals surface area contributed by atoms with Crippen LogP contribution in [-0.4, -0.2) is 80.3 Å². The number of benzene rings is 4. The highest BCUT2D eigenvalue weighted by atomic mass is 35.5. The summed E-state index contributed by atoms with van der Waals surface area (Å²) >= 11 is 45.3. The number of carbonyl (C=O) groups excluding carboxylic acids is 3. The number of nitrogens with zero attached hydrogens (tertiary/aromatic N) is 11. The fraction of sp³-hybridized carbons (Fsp3) is 0.214. The quantitative estimate of drug-likeness (QED) is 0.0206. The number of nitrogens with one attached hydrogen (secondary N) is 3. The first-order valence-electron chi connectivity index (χ1n) is 24.8. The number of hydrogen-bond donors (Lipinski definition) is 6. The number of aryl methyl sites for hydroxylation is 9. The number of nitrogens with two attached hydrogens (primary N) is 3. The van der Waals surface area contributed by atoms with Gasteiger partial charge in [-0.2, -0.15) is 15.1 Å². The van der Waals surface area contributed by atoms with Crippen LogP contribution in [0.15, 0.2) is 91.5 Å². The fourth-order valence-electron chi connectivity index (χ4n) is 7.53. The largest absolute Gasteiger partial charge is 0.399 e. The highest BCUT2D eigenvalue weighted by Gasteiger charge is 2.18. The van der Waals surface area contributed by atoms with Gasteiger partial charge >= 0.3 is 0 Å². The number of halogens is 8. The minimum atomic E-state index is -0.702. The molecule has 9 N–H and O–H groups in total. The van der Waals surface area contributed by atoms with Gasteiger partial charge in [-0.25, -0.2) is 40.4 Å². The molecule has 9 aromatic rings. The molecular weight excluding hydrogens is 1240 g/mol. The smallest absolute Gasteiger partial charge is 0.261 e. The van der Waals surface area contributed by atoms with Crippen LogP contribution in [0.3, 0.4) is 0 Å². The Hall–Kier alpha value is -7.08. The first kappa shape index (κ1) is 69.4. The fourth-order valence-corrected chi connectivity index (χ4v) is 8.91. The van der Waals surface area contributed by atoms with Crippen molar-refractivity contribution >= 4 is 155 Å². The first-order valence-corrected chi connectivity index (χ1v) is 27.8. The van der Waals surface area contributed by atoms with Gasteiger partial charge in [0.25, 0.3) is 17.1 Å². The van der Waals surface area contributed by atoms with E-state index in [9.17, 15) is 14.4 Å². The van der Waals surface area contributed by atoms with Gasteiger partial charge in [0, 0.05) is 55.9 Å². The minimum absolute atomic E-state index is 0.00736. The van der Waals surface area contributed by atoms with Gasteiger partial charge in [0.1, 0.15) is 15.9 Å². The van der Waals surface area contributed by atoms with Crippen LogP contribution in [-0.2, 0) is 7.05 Å². The summed E-state index contributed by atoms with van der Waals surface area (Å²) < 4.78 is 1.65. The average molecular weight is 1300 g/mol. The summed E-state index contributed by atoms with van der Waals surface area (Å²) in [7, 11) is 3.38. The van der Waals surface area contributed by atoms with Crippen LogP contribution in [0.4, 0.5) is 34.4 Å². The molecular formula is C56H59Cl8N17O3. The summed E-state index contributed by atoms with van der Waals surface area (Å²) in [6, 6.07) is 21.6. The first-order chi connectivity index (χ1) is 39.5. The number of hydrogen-bond acceptors (Lipinski definition) is 17. The van der Waals surface area contributed by atoms with Crippen molar-refractivity contribution in [1.82, 2.24) is 49.7 Å². The highest BCUT2D eigenvalue weighted by Crippen LogP contribution is 2.32. The van der Waals surface area contributed by atoms with Crippen molar-refractivity contribution in [2.75, 3.05) is 40.3 Å². The second kappa shape index (κ2) is 32.8. The molecule has 0 unspecified atom stereocenters. The third-order valence-electron chi connectivity index (χ3n) is 10.6. The van der Waals surface area contributed by atoms with E-state index in [0.717, 1.165) is 56.7 Å². The molecule has 0 radical (unpaired) electrons. The monoisotopic (exact) mass is 1300 g/mol. The zero-order valence-electron chi connectivity index (χ0n) is 47.3. The molecule has 2 amide bonds. The Morgan fingerprint density at radius 2 is 0.952 bits per heavy atom. The van der Waals surface area contributed by atoms with Crippen LogP contribution in [0.1, 0.15) is 82.5 Å². The number of rotatable bonds is 8. The molecule has 0 fully saturated rings. The molecule has 0 aliphatic rings. The molecule has 0 spiro atoms. The lowest BCUT2D eigenvalue weighted by atomic mass is 10.1. The van der Waals surface area contributed by atoms with E-state index in [4.69, 9.17) is 110 Å². The van der Waals surface area contributed by atoms with Crippen molar-refractivity contribution in [3.63, 3.8) is 0 Å². The predicted octanol–water partition coefficient (Wildman–Crippen LogP) is 14.0. The van der Waals surface area contributed by atoms with Crippen LogP contribution in [0.25, 0.3) is 11.0 Å². The van der Waals surface area contributed by atoms with E-state index in [1.807, 2.05) is 123 Å². The van der Waals surface area contributed by atoms with Crippen molar-refractivity contribution in [1.29, 1.82) is 0 Å². The Morgan fingerprint density at radius 3 is 1.39 bits per heavy atom. The summed E-state index contributed by atoms with van der Waals surface area (Å²) in [5, 5.41) is 15.4. The van der Waals surface area contributed by atoms with E-state index in [-0.39, 0.29) is 65.8 Å². The van der Waals surface area contributed by atoms with E-state index >= 15 is 0 Å². The molecule has 0 bridgehead atoms. The molecule has 9 rings (SSSR count). The van der Waals surface area contributed by atoms with Gasteiger partial charge in [0.2, 0.25) is 21.1 Å². The molecule has 0 saturated heterocycles. The number of anilines is 6. The molecule has 0 atom stereocenters. The molecule has 0 aliphatic carbocycles. The predicted molar refractivity (Wildman–Crippen MR) is 342 cm³/mol. The van der Waals surface area contributed by atoms with Gasteiger partial charge in [-0.3, -0.25) is 19.4 Å². The lowest BCUT2D eigenvalue weighted by Gasteiger charge is -2.15. The normalized spacial score (nSPS) is 10.2. The molecule has 0 aliphatic heterocycles. The van der Waals surface area contributed by atoms with Crippen molar-refractivity contribution in [2.24, 2.45) is 18.6 Å². The van der Waals surface area contributed by atoms with Crippen LogP contribution >= 0.6 is 92.8 Å². The Bertz CT molecular complexity index is 3700. The highest BCUT2D eigenvalue weighted by molar-refractivity contribution is 6.68. The third kappa shape index (κ3) is 21.8. The Balaban J connectivity index is 0.000000229. The number of hydrazine groups is 1. The van der Waals surface area contributed by atoms with Gasteiger partial charge in [-0.05, 0) is 207 Å². The molecule has 20 nitrogen and oxygen atoms in total. The van der Waals surface area contributed by atoms with Crippen LogP contribution < -0.4 is 38.3 Å². The maximum atomic E-state index is 12.4. The number of nitrogen functional groups attached to an aromatic ring is 1. The molecule has 0 saturated carbocycles. The van der Waals surface area contributed by atoms with Gasteiger partial charge < -0.3 is 27.4 Å². The standard InChI is InChI=1S/C14H13Cl2N5.C14H16ClN5O.C13H11Cl2N3O.C8H11N.C5HCl3N2O.C2H7N/c1-7-4-8(2)11(15)10(5-7)18-12-9-6-17-14(16)19-13(9)21(3)20-12;1-8-4-9(2)6-10(5-8)18-13(21)11-7-17-14(15)19-12(11)20(3)16;1-7-3-8(2)5-9(4-7)17-12(19)10-6-16-13(15)18-11(10)14;1-6-3-7(2)5-8(9)4-6;6-3-2(4(7)11)1-9-5(8)10-3;1-2-3/h4-6H,1-3H3,(H,18,20);4-7H,16H2,1-3H3,(H,18,21);3-6H,1-2H3,(H,17,19);3-5H,9H2,1-2H3;1H;2-3H2,1H3. The van der Waals surface area contributed by atoms with Crippen molar-refractivity contribution in [3.05, 3.63) is 189 Å². The summed E-state index contributed by atoms with van der Waals surface area (Å²) in [4.78, 5) is 65.4. The van der Waals surface area contributed by atoms with E-state index in [0.29, 0.717) is 27.9 Å². The average Bonchev–Trinajstić information content (AvgIpc) is 2.98. The minimum Gasteiger partial charge on any atom is -0.399 e. The summed E-state index contributed by atoms with van der Waals surface area (Å²) in [5.41, 5.74) is 23.5. The third-order valence-corrected chi connectivity index (χ3v) is 12.6. The van der Waals surface area contributed by atoms with Crippen LogP contribution in [0.2, 0.25) is 36.5 Å². The van der Waals surface area contributed by atoms with Crippen molar-refractivity contribution in [3.8, 4) is 0 Å². The van der Waals surface area contributed by atoms with Crippen LogP contribution in [0, 0.1) is 55.4 Å². The number of fused-ring (bicyclic) bond motifs is 1. The summed E-state index contributed by atoms with van der Waals surface area (Å²) in [5.74, 6) is 5.86. The Labute approximate surface area is 526 Å². The lowest BCUT2D eigenvalue weighted by molar-refractivity contribution is 0.101. The van der Waals surface area contributed by atoms with Crippen LogP contribution in [0.5, 0.6) is 0 Å². The second-order valence-electron chi connectivity index (χ2n) is 18.4. The zero-order valence-corrected chi connectivity index (χ0v) is 53.3. The number of aromatic nitrogens is 10. The molecule has 5 aromatic heterocycles. The van der Waals surface area contributed by atoms with E-state index in [1.54, 1.807) is 25.0 Å². The van der Waals surface area contributed by atoms with Gasteiger partial charge in [0.15, 0.2) is 17.3 Å². The van der Waals surface area contributed by atoms with E-state index in [1.165, 1.54) is 34.7 Å². The molecule has 4 aromatic carbocycles. The van der Waals surface area contributed by atoms with E-state index < -0.39 is 5.24 Å². The molecule has 442 valence electrons. The van der Waals surface area contributed by atoms with E-state index in [2.05, 4.69) is 67.0 Å². The Kier molecular flexibility index (Phi) is 27.1. The van der Waals surface area contributed by atoms with Gasteiger partial charge in [-0.15, -0.1) is 0 Å². The van der Waals surface area contributed by atoms with Crippen molar-refractivity contribution < 1.29 is 14.4 Å². The van der Waals surface area contributed by atoms with Gasteiger partial charge in [-0.1, -0.05) is 66.0 Å². The Morgan fingerprint density at radius 1 is 0.560 bits per heavy atom. The van der Waals surface area contributed by atoms with Crippen molar-refractivity contribution in [2.45, 2.75) is 62.3 Å². The maximum absolute atomic E-state index is 12.4. The number of carbonyl (C=O) groups is 3. The molecule has 5 heterocycles. The molecule has 84 heavy (non-hydrogen) atoms. The topological polar surface area (TPSA) is 290 Å². The number of amides is 2. The summed E-state index contributed by atoms with van der Waals surface area (Å²) in [6.07, 6.45) is 5.48.